The number of rotatable bonds is 5. The Morgan fingerprint density at radius 1 is 0.756 bits per heavy atom. The topological polar surface area (TPSA) is 44.9 Å². The van der Waals surface area contributed by atoms with Crippen LogP contribution in [0.1, 0.15) is 52.9 Å². The van der Waals surface area contributed by atoms with Crippen molar-refractivity contribution in [2.24, 2.45) is 7.05 Å². The van der Waals surface area contributed by atoms with Crippen LogP contribution in [0, 0.1) is 17.5 Å². The van der Waals surface area contributed by atoms with E-state index >= 15 is 8.78 Å². The van der Waals surface area contributed by atoms with Gasteiger partial charge in [-0.3, -0.25) is 0 Å². The standard InChI is InChI=1S/C33H33F3N4O/c1-32(2,3)29-28(27-25(35)17-21(34)18-26(27)36)30(33(4,5)6)40(38-29)22-11-9-13-24(19-22)41-23-12-8-10-20(16-23)31-37-14-15-39(31)7/h8-19H,1-7H3. The van der Waals surface area contributed by atoms with Crippen molar-refractivity contribution in [3.63, 3.8) is 0 Å². The molecule has 5 aromatic rings. The highest BCUT2D eigenvalue weighted by Gasteiger charge is 2.36. The van der Waals surface area contributed by atoms with E-state index in [4.69, 9.17) is 9.84 Å². The SMILES string of the molecule is Cn1ccnc1-c1cccc(Oc2cccc(-n3nc(C(C)(C)C)c(-c4c(F)cc(F)cc4F)c3C(C)(C)C)c2)c1. The minimum atomic E-state index is -0.970. The highest BCUT2D eigenvalue weighted by molar-refractivity contribution is 5.73. The van der Waals surface area contributed by atoms with Gasteiger partial charge in [0.15, 0.2) is 0 Å². The second-order valence-electron chi connectivity index (χ2n) is 12.2. The van der Waals surface area contributed by atoms with Gasteiger partial charge in [-0.25, -0.2) is 22.8 Å². The molecule has 0 amide bonds. The van der Waals surface area contributed by atoms with Gasteiger partial charge >= 0.3 is 0 Å². The van der Waals surface area contributed by atoms with Crippen LogP contribution in [0.3, 0.4) is 0 Å². The molecule has 0 fully saturated rings. The smallest absolute Gasteiger partial charge is 0.139 e. The lowest BCUT2D eigenvalue weighted by Gasteiger charge is -2.24. The van der Waals surface area contributed by atoms with Gasteiger partial charge in [0.25, 0.3) is 0 Å². The van der Waals surface area contributed by atoms with E-state index in [1.807, 2.05) is 108 Å². The first-order valence-corrected chi connectivity index (χ1v) is 13.4. The van der Waals surface area contributed by atoms with Crippen molar-refractivity contribution in [1.82, 2.24) is 19.3 Å². The van der Waals surface area contributed by atoms with Gasteiger partial charge in [-0.2, -0.15) is 5.10 Å². The summed E-state index contributed by atoms with van der Waals surface area (Å²) in [7, 11) is 1.93. The average molecular weight is 559 g/mol. The summed E-state index contributed by atoms with van der Waals surface area (Å²) in [4.78, 5) is 4.41. The third-order valence-electron chi connectivity index (χ3n) is 6.77. The maximum Gasteiger partial charge on any atom is 0.139 e. The molecule has 0 aliphatic rings. The van der Waals surface area contributed by atoms with Gasteiger partial charge in [0.1, 0.15) is 34.8 Å². The van der Waals surface area contributed by atoms with Crippen LogP contribution in [0.4, 0.5) is 13.2 Å². The van der Waals surface area contributed by atoms with Crippen molar-refractivity contribution in [2.45, 2.75) is 52.4 Å². The van der Waals surface area contributed by atoms with E-state index in [2.05, 4.69) is 4.98 Å². The summed E-state index contributed by atoms with van der Waals surface area (Å²) < 4.78 is 54.3. The normalized spacial score (nSPS) is 12.1. The minimum absolute atomic E-state index is 0.286. The first kappa shape index (κ1) is 28.2. The summed E-state index contributed by atoms with van der Waals surface area (Å²) in [6, 6.07) is 16.5. The molecule has 2 heterocycles. The Hall–Kier alpha value is -4.33. The summed E-state index contributed by atoms with van der Waals surface area (Å²) in [6.07, 6.45) is 3.63. The van der Waals surface area contributed by atoms with E-state index in [1.165, 1.54) is 0 Å². The molecule has 212 valence electrons. The second kappa shape index (κ2) is 10.3. The van der Waals surface area contributed by atoms with Crippen molar-refractivity contribution in [2.75, 3.05) is 0 Å². The number of benzene rings is 3. The van der Waals surface area contributed by atoms with Gasteiger partial charge in [0.05, 0.1) is 22.6 Å². The molecule has 5 rings (SSSR count). The zero-order valence-corrected chi connectivity index (χ0v) is 24.3. The predicted molar refractivity (Wildman–Crippen MR) is 155 cm³/mol. The minimum Gasteiger partial charge on any atom is -0.457 e. The van der Waals surface area contributed by atoms with Gasteiger partial charge in [-0.05, 0) is 24.3 Å². The molecule has 0 N–H and O–H groups in total. The van der Waals surface area contributed by atoms with Crippen LogP contribution in [-0.2, 0) is 17.9 Å². The molecule has 0 saturated heterocycles. The van der Waals surface area contributed by atoms with Gasteiger partial charge in [0.2, 0.25) is 0 Å². The third kappa shape index (κ3) is 5.51. The van der Waals surface area contributed by atoms with E-state index in [9.17, 15) is 4.39 Å². The number of nitrogens with zero attached hydrogens (tertiary/aromatic N) is 4. The van der Waals surface area contributed by atoms with Crippen LogP contribution in [0.5, 0.6) is 11.5 Å². The molecular weight excluding hydrogens is 525 g/mol. The molecule has 5 nitrogen and oxygen atoms in total. The van der Waals surface area contributed by atoms with E-state index in [0.717, 1.165) is 11.4 Å². The molecule has 0 aliphatic carbocycles. The summed E-state index contributed by atoms with van der Waals surface area (Å²) in [5.41, 5.74) is 1.55. The fourth-order valence-electron chi connectivity index (χ4n) is 5.00. The van der Waals surface area contributed by atoms with Gasteiger partial charge in [-0.1, -0.05) is 59.7 Å². The fraction of sp³-hybridized carbons (Fsp3) is 0.273. The van der Waals surface area contributed by atoms with Crippen molar-refractivity contribution in [1.29, 1.82) is 0 Å². The van der Waals surface area contributed by atoms with E-state index in [-0.39, 0.29) is 5.56 Å². The highest BCUT2D eigenvalue weighted by atomic mass is 19.1. The highest BCUT2D eigenvalue weighted by Crippen LogP contribution is 2.43. The monoisotopic (exact) mass is 558 g/mol. The quantitative estimate of drug-likeness (QED) is 0.217. The Bertz CT molecular complexity index is 1720. The summed E-state index contributed by atoms with van der Waals surface area (Å²) in [6.45, 7) is 11.7. The van der Waals surface area contributed by atoms with E-state index < -0.39 is 28.3 Å². The van der Waals surface area contributed by atoms with Crippen molar-refractivity contribution < 1.29 is 17.9 Å². The molecule has 0 aliphatic heterocycles. The van der Waals surface area contributed by atoms with Crippen molar-refractivity contribution in [3.8, 4) is 39.7 Å². The number of aryl methyl sites for hydroxylation is 1. The first-order valence-electron chi connectivity index (χ1n) is 13.4. The maximum atomic E-state index is 15.3. The molecule has 0 bridgehead atoms. The van der Waals surface area contributed by atoms with Crippen LogP contribution in [0.2, 0.25) is 0 Å². The molecule has 8 heteroatoms. The number of hydrogen-bond donors (Lipinski definition) is 0. The summed E-state index contributed by atoms with van der Waals surface area (Å²) >= 11 is 0. The molecule has 0 unspecified atom stereocenters. The zero-order chi connectivity index (χ0) is 29.7. The summed E-state index contributed by atoms with van der Waals surface area (Å²) in [5, 5.41) is 4.93. The van der Waals surface area contributed by atoms with Gasteiger partial charge in [0, 0.05) is 59.6 Å². The Morgan fingerprint density at radius 2 is 1.39 bits per heavy atom. The molecule has 41 heavy (non-hydrogen) atoms. The van der Waals surface area contributed by atoms with Gasteiger partial charge in [-0.15, -0.1) is 0 Å². The predicted octanol–water partition coefficient (Wildman–Crippen LogP) is 8.74. The lowest BCUT2D eigenvalue weighted by Crippen LogP contribution is -2.19. The van der Waals surface area contributed by atoms with Crippen molar-refractivity contribution >= 4 is 0 Å². The first-order chi connectivity index (χ1) is 19.2. The van der Waals surface area contributed by atoms with Crippen LogP contribution in [0.15, 0.2) is 73.1 Å². The Kier molecular flexibility index (Phi) is 7.05. The maximum absolute atomic E-state index is 15.3. The lowest BCUT2D eigenvalue weighted by molar-refractivity contribution is 0.481. The number of ether oxygens (including phenoxy) is 1. The number of hydrogen-bond acceptors (Lipinski definition) is 3. The Labute approximate surface area is 238 Å². The number of imidazole rings is 1. The zero-order valence-electron chi connectivity index (χ0n) is 24.3. The number of halogens is 3. The average Bonchev–Trinajstić information content (AvgIpc) is 3.48. The molecular formula is C33H33F3N4O. The molecule has 3 aromatic carbocycles. The van der Waals surface area contributed by atoms with Crippen LogP contribution >= 0.6 is 0 Å². The van der Waals surface area contributed by atoms with Crippen LogP contribution in [0.25, 0.3) is 28.2 Å². The number of aromatic nitrogens is 4. The molecule has 0 saturated carbocycles. The lowest BCUT2D eigenvalue weighted by atomic mass is 9.80. The molecule has 2 aromatic heterocycles. The van der Waals surface area contributed by atoms with Crippen LogP contribution in [-0.4, -0.2) is 19.3 Å². The second-order valence-corrected chi connectivity index (χ2v) is 12.2. The summed E-state index contributed by atoms with van der Waals surface area (Å²) in [5.74, 6) is -0.898. The van der Waals surface area contributed by atoms with Crippen LogP contribution < -0.4 is 4.74 Å². The van der Waals surface area contributed by atoms with E-state index in [0.29, 0.717) is 46.3 Å². The largest absolute Gasteiger partial charge is 0.457 e. The third-order valence-corrected chi connectivity index (χ3v) is 6.77. The molecule has 0 spiro atoms. The Morgan fingerprint density at radius 3 is 1.98 bits per heavy atom. The van der Waals surface area contributed by atoms with E-state index in [1.54, 1.807) is 10.9 Å². The molecule has 0 atom stereocenters. The fourth-order valence-corrected chi connectivity index (χ4v) is 5.00. The van der Waals surface area contributed by atoms with Crippen molar-refractivity contribution in [3.05, 3.63) is 102 Å². The van der Waals surface area contributed by atoms with Gasteiger partial charge < -0.3 is 9.30 Å². The molecule has 0 radical (unpaired) electrons. The Balaban J connectivity index is 1.65.